The lowest BCUT2D eigenvalue weighted by Gasteiger charge is -2.36. The van der Waals surface area contributed by atoms with Crippen LogP contribution in [0.5, 0.6) is 0 Å². The van der Waals surface area contributed by atoms with E-state index < -0.39 is 0 Å². The minimum atomic E-state index is -0.305. The van der Waals surface area contributed by atoms with Gasteiger partial charge in [-0.3, -0.25) is 0 Å². The Kier molecular flexibility index (Phi) is 2.51. The highest BCUT2D eigenvalue weighted by Crippen LogP contribution is 2.36. The van der Waals surface area contributed by atoms with Crippen molar-refractivity contribution in [1.29, 1.82) is 0 Å². The maximum Gasteiger partial charge on any atom is 0.143 e. The lowest BCUT2D eigenvalue weighted by molar-refractivity contribution is 0.306. The van der Waals surface area contributed by atoms with E-state index >= 15 is 0 Å². The predicted octanol–water partition coefficient (Wildman–Crippen LogP) is 2.71. The zero-order valence-corrected chi connectivity index (χ0v) is 10.9. The number of nitrogens with two attached hydrogens (primary N) is 1. The molecule has 0 atom stereocenters. The molecule has 0 aliphatic carbocycles. The van der Waals surface area contributed by atoms with Crippen LogP contribution in [0.25, 0.3) is 10.3 Å². The van der Waals surface area contributed by atoms with Crippen LogP contribution in [0.4, 0.5) is 0 Å². The third kappa shape index (κ3) is 1.72. The van der Waals surface area contributed by atoms with E-state index in [-0.39, 0.29) is 11.0 Å². The fraction of sp³-hybridized carbons (Fsp3) is 0.500. The zero-order chi connectivity index (χ0) is 12.0. The van der Waals surface area contributed by atoms with Gasteiger partial charge < -0.3 is 5.73 Å². The van der Waals surface area contributed by atoms with E-state index in [0.29, 0.717) is 0 Å². The highest BCUT2D eigenvalue weighted by molar-refractivity contribution is 7.18. The second kappa shape index (κ2) is 3.50. The average Bonchev–Trinajstić information content (AvgIpc) is 2.59. The molecule has 0 fully saturated rings. The van der Waals surface area contributed by atoms with Gasteiger partial charge in [-0.2, -0.15) is 0 Å². The van der Waals surface area contributed by atoms with E-state index in [0.717, 1.165) is 15.4 Å². The molecule has 16 heavy (non-hydrogen) atoms. The van der Waals surface area contributed by atoms with Crippen molar-refractivity contribution < 1.29 is 0 Å². The number of nitrogens with zero attached hydrogens (tertiary/aromatic N) is 2. The van der Waals surface area contributed by atoms with Crippen LogP contribution in [0.1, 0.15) is 32.7 Å². The van der Waals surface area contributed by atoms with Crippen molar-refractivity contribution >= 4 is 21.7 Å². The fourth-order valence-corrected chi connectivity index (χ4v) is 2.49. The third-order valence-corrected chi connectivity index (χ3v) is 4.61. The second-order valence-electron chi connectivity index (χ2n) is 5.19. The first-order chi connectivity index (χ1) is 7.32. The summed E-state index contributed by atoms with van der Waals surface area (Å²) in [7, 11) is 0. The van der Waals surface area contributed by atoms with Gasteiger partial charge in [-0.25, -0.2) is 9.97 Å². The topological polar surface area (TPSA) is 51.8 Å². The highest BCUT2D eigenvalue weighted by atomic mass is 32.1. The summed E-state index contributed by atoms with van der Waals surface area (Å²) in [4.78, 5) is 9.92. The van der Waals surface area contributed by atoms with Gasteiger partial charge in [0.25, 0.3) is 0 Å². The Morgan fingerprint density at radius 2 is 1.94 bits per heavy atom. The molecule has 0 aliphatic rings. The quantitative estimate of drug-likeness (QED) is 0.870. The van der Waals surface area contributed by atoms with E-state index in [9.17, 15) is 0 Å². The van der Waals surface area contributed by atoms with E-state index in [1.165, 1.54) is 0 Å². The Morgan fingerprint density at radius 1 is 1.25 bits per heavy atom. The van der Waals surface area contributed by atoms with Gasteiger partial charge in [-0.1, -0.05) is 25.2 Å². The SMILES string of the molecule is CC(C)(N)C(C)(C)c1nc2cccnc2s1. The number of pyridine rings is 1. The van der Waals surface area contributed by atoms with Crippen LogP contribution in [0.2, 0.25) is 0 Å². The van der Waals surface area contributed by atoms with Gasteiger partial charge in [-0.15, -0.1) is 0 Å². The van der Waals surface area contributed by atoms with E-state index in [1.54, 1.807) is 17.5 Å². The van der Waals surface area contributed by atoms with Gasteiger partial charge in [0.1, 0.15) is 15.4 Å². The number of aromatic nitrogens is 2. The van der Waals surface area contributed by atoms with Crippen molar-refractivity contribution in [2.45, 2.75) is 38.6 Å². The number of rotatable bonds is 2. The van der Waals surface area contributed by atoms with Crippen molar-refractivity contribution in [3.63, 3.8) is 0 Å². The molecule has 0 amide bonds. The first-order valence-corrected chi connectivity index (χ1v) is 6.15. The molecule has 3 nitrogen and oxygen atoms in total. The Morgan fingerprint density at radius 3 is 2.50 bits per heavy atom. The lowest BCUT2D eigenvalue weighted by atomic mass is 9.76. The summed E-state index contributed by atoms with van der Waals surface area (Å²) in [5.74, 6) is 0. The maximum atomic E-state index is 6.21. The van der Waals surface area contributed by atoms with Gasteiger partial charge in [0.15, 0.2) is 0 Å². The van der Waals surface area contributed by atoms with Crippen molar-refractivity contribution in [1.82, 2.24) is 9.97 Å². The van der Waals surface area contributed by atoms with Crippen LogP contribution in [-0.2, 0) is 5.41 Å². The molecule has 0 saturated carbocycles. The molecule has 2 aromatic rings. The van der Waals surface area contributed by atoms with Gasteiger partial charge in [0, 0.05) is 17.2 Å². The van der Waals surface area contributed by atoms with Gasteiger partial charge in [0.2, 0.25) is 0 Å². The van der Waals surface area contributed by atoms with Crippen molar-refractivity contribution in [2.24, 2.45) is 5.73 Å². The Hall–Kier alpha value is -1.00. The summed E-state index contributed by atoms with van der Waals surface area (Å²) < 4.78 is 0. The van der Waals surface area contributed by atoms with E-state index in [1.807, 2.05) is 26.0 Å². The molecule has 0 spiro atoms. The molecule has 0 bridgehead atoms. The van der Waals surface area contributed by atoms with Crippen LogP contribution >= 0.6 is 11.3 Å². The normalized spacial score (nSPS) is 13.3. The molecule has 2 N–H and O–H groups in total. The van der Waals surface area contributed by atoms with Crippen LogP contribution in [0.3, 0.4) is 0 Å². The van der Waals surface area contributed by atoms with Crippen molar-refractivity contribution in [3.05, 3.63) is 23.3 Å². The van der Waals surface area contributed by atoms with Crippen LogP contribution in [-0.4, -0.2) is 15.5 Å². The first-order valence-electron chi connectivity index (χ1n) is 5.33. The third-order valence-electron chi connectivity index (χ3n) is 3.31. The van der Waals surface area contributed by atoms with Crippen molar-refractivity contribution in [3.8, 4) is 0 Å². The van der Waals surface area contributed by atoms with Crippen LogP contribution < -0.4 is 5.73 Å². The zero-order valence-electron chi connectivity index (χ0n) is 10.1. The summed E-state index contributed by atoms with van der Waals surface area (Å²) >= 11 is 1.63. The molecule has 0 aliphatic heterocycles. The monoisotopic (exact) mass is 235 g/mol. The molecular weight excluding hydrogens is 218 g/mol. The largest absolute Gasteiger partial charge is 0.325 e. The standard InChI is InChI=1S/C12H17N3S/c1-11(2,12(3,4)13)10-15-8-6-5-7-14-9(8)16-10/h5-7H,13H2,1-4H3. The van der Waals surface area contributed by atoms with E-state index in [4.69, 9.17) is 5.73 Å². The molecule has 0 aromatic carbocycles. The lowest BCUT2D eigenvalue weighted by Crippen LogP contribution is -2.50. The Balaban J connectivity index is 2.56. The maximum absolute atomic E-state index is 6.21. The second-order valence-corrected chi connectivity index (χ2v) is 6.17. The summed E-state index contributed by atoms with van der Waals surface area (Å²) in [6.07, 6.45) is 1.80. The summed E-state index contributed by atoms with van der Waals surface area (Å²) in [6, 6.07) is 3.90. The smallest absolute Gasteiger partial charge is 0.143 e. The minimum absolute atomic E-state index is 0.154. The molecule has 2 rings (SSSR count). The number of thiazole rings is 1. The summed E-state index contributed by atoms with van der Waals surface area (Å²) in [5, 5.41) is 1.05. The number of fused-ring (bicyclic) bond motifs is 1. The van der Waals surface area contributed by atoms with Gasteiger partial charge in [0.05, 0.1) is 0 Å². The molecule has 2 heterocycles. The highest BCUT2D eigenvalue weighted by Gasteiger charge is 2.37. The fourth-order valence-electron chi connectivity index (χ4n) is 1.31. The summed E-state index contributed by atoms with van der Waals surface area (Å²) in [6.45, 7) is 8.33. The van der Waals surface area contributed by atoms with E-state index in [2.05, 4.69) is 23.8 Å². The van der Waals surface area contributed by atoms with Crippen LogP contribution in [0.15, 0.2) is 18.3 Å². The number of hydrogen-bond donors (Lipinski definition) is 1. The molecule has 2 aromatic heterocycles. The Labute approximate surface area is 99.7 Å². The average molecular weight is 235 g/mol. The number of hydrogen-bond acceptors (Lipinski definition) is 4. The molecule has 86 valence electrons. The molecule has 0 radical (unpaired) electrons. The first kappa shape index (κ1) is 11.5. The molecule has 0 saturated heterocycles. The predicted molar refractivity (Wildman–Crippen MR) is 68.7 cm³/mol. The Bertz CT molecular complexity index is 475. The molecule has 0 unspecified atom stereocenters. The minimum Gasteiger partial charge on any atom is -0.325 e. The van der Waals surface area contributed by atoms with Gasteiger partial charge >= 0.3 is 0 Å². The summed E-state index contributed by atoms with van der Waals surface area (Å²) in [5.41, 5.74) is 6.71. The van der Waals surface area contributed by atoms with Crippen molar-refractivity contribution in [2.75, 3.05) is 0 Å². The molecule has 4 heteroatoms. The van der Waals surface area contributed by atoms with Gasteiger partial charge in [-0.05, 0) is 26.0 Å². The van der Waals surface area contributed by atoms with Crippen LogP contribution in [0, 0.1) is 0 Å². The molecular formula is C12H17N3S.